The Morgan fingerprint density at radius 2 is 2.06 bits per heavy atom. The third kappa shape index (κ3) is 4.52. The predicted octanol–water partition coefficient (Wildman–Crippen LogP) is 2.65. The van der Waals surface area contributed by atoms with Gasteiger partial charge in [-0.1, -0.05) is 20.8 Å². The zero-order chi connectivity index (χ0) is 12.8. The average molecular weight is 238 g/mol. The van der Waals surface area contributed by atoms with Gasteiger partial charge in [0.1, 0.15) is 11.5 Å². The lowest BCUT2D eigenvalue weighted by Gasteiger charge is -2.30. The fraction of sp³-hybridized carbons (Fsp3) is 0.714. The van der Waals surface area contributed by atoms with E-state index in [1.165, 1.54) is 0 Å². The van der Waals surface area contributed by atoms with Crippen molar-refractivity contribution in [2.45, 2.75) is 40.3 Å². The summed E-state index contributed by atoms with van der Waals surface area (Å²) >= 11 is 0. The second-order valence-electron chi connectivity index (χ2n) is 5.05. The van der Waals surface area contributed by atoms with Crippen molar-refractivity contribution in [2.75, 3.05) is 20.1 Å². The highest BCUT2D eigenvalue weighted by molar-refractivity contribution is 5.05. The van der Waals surface area contributed by atoms with Crippen molar-refractivity contribution >= 4 is 0 Å². The van der Waals surface area contributed by atoms with Crippen molar-refractivity contribution in [3.8, 4) is 0 Å². The third-order valence-electron chi connectivity index (χ3n) is 3.14. The Morgan fingerprint density at radius 3 is 2.53 bits per heavy atom. The second-order valence-corrected chi connectivity index (χ2v) is 5.05. The van der Waals surface area contributed by atoms with Gasteiger partial charge in [0.05, 0.1) is 6.54 Å². The molecule has 0 spiro atoms. The summed E-state index contributed by atoms with van der Waals surface area (Å²) in [6, 6.07) is 4.63. The topological polar surface area (TPSA) is 28.4 Å². The number of nitrogens with zero attached hydrogens (tertiary/aromatic N) is 1. The van der Waals surface area contributed by atoms with Crippen LogP contribution in [0.25, 0.3) is 0 Å². The lowest BCUT2D eigenvalue weighted by molar-refractivity contribution is 0.168. The molecular weight excluding hydrogens is 212 g/mol. The van der Waals surface area contributed by atoms with E-state index in [0.29, 0.717) is 12.0 Å². The van der Waals surface area contributed by atoms with Gasteiger partial charge in [0.2, 0.25) is 0 Å². The van der Waals surface area contributed by atoms with E-state index in [1.807, 2.05) is 13.0 Å². The van der Waals surface area contributed by atoms with Crippen molar-refractivity contribution in [1.29, 1.82) is 0 Å². The summed E-state index contributed by atoms with van der Waals surface area (Å²) in [6.45, 7) is 11.6. The van der Waals surface area contributed by atoms with Gasteiger partial charge in [0.25, 0.3) is 0 Å². The molecule has 1 atom stereocenters. The van der Waals surface area contributed by atoms with Gasteiger partial charge >= 0.3 is 0 Å². The van der Waals surface area contributed by atoms with E-state index < -0.39 is 0 Å². The largest absolute Gasteiger partial charge is 0.465 e. The molecule has 17 heavy (non-hydrogen) atoms. The molecule has 0 aliphatic heterocycles. The van der Waals surface area contributed by atoms with Gasteiger partial charge < -0.3 is 9.73 Å². The number of hydrogen-bond acceptors (Lipinski definition) is 3. The Hall–Kier alpha value is -0.800. The number of furan rings is 1. The molecule has 0 aromatic carbocycles. The molecule has 1 aromatic heterocycles. The molecule has 0 radical (unpaired) electrons. The van der Waals surface area contributed by atoms with Crippen LogP contribution in [-0.2, 0) is 6.54 Å². The van der Waals surface area contributed by atoms with Crippen LogP contribution in [0.4, 0.5) is 0 Å². The Labute approximate surface area is 105 Å². The summed E-state index contributed by atoms with van der Waals surface area (Å²) in [5, 5.41) is 3.43. The third-order valence-corrected chi connectivity index (χ3v) is 3.14. The summed E-state index contributed by atoms with van der Waals surface area (Å²) in [6.07, 6.45) is 0. The predicted molar refractivity (Wildman–Crippen MR) is 72.1 cm³/mol. The molecule has 1 N–H and O–H groups in total. The molecule has 1 rings (SSSR count). The fourth-order valence-corrected chi connectivity index (χ4v) is 2.13. The maximum atomic E-state index is 5.63. The zero-order valence-electron chi connectivity index (χ0n) is 11.8. The van der Waals surface area contributed by atoms with E-state index in [1.54, 1.807) is 0 Å². The van der Waals surface area contributed by atoms with E-state index in [-0.39, 0.29) is 0 Å². The molecule has 1 aromatic rings. The van der Waals surface area contributed by atoms with Crippen LogP contribution in [0.2, 0.25) is 0 Å². The van der Waals surface area contributed by atoms with Gasteiger partial charge in [-0.25, -0.2) is 0 Å². The highest BCUT2D eigenvalue weighted by Crippen LogP contribution is 2.14. The molecular formula is C14H26N2O. The first-order valence-electron chi connectivity index (χ1n) is 6.50. The molecule has 0 saturated heterocycles. The smallest absolute Gasteiger partial charge is 0.118 e. The van der Waals surface area contributed by atoms with E-state index >= 15 is 0 Å². The van der Waals surface area contributed by atoms with Crippen LogP contribution in [-0.4, -0.2) is 31.1 Å². The minimum absolute atomic E-state index is 0.542. The molecule has 0 amide bonds. The normalized spacial score (nSPS) is 13.6. The second kappa shape index (κ2) is 6.82. The van der Waals surface area contributed by atoms with Gasteiger partial charge in [0.15, 0.2) is 0 Å². The molecule has 1 unspecified atom stereocenters. The van der Waals surface area contributed by atoms with Crippen LogP contribution in [0.1, 0.15) is 32.3 Å². The van der Waals surface area contributed by atoms with E-state index in [2.05, 4.69) is 44.1 Å². The SMILES string of the molecule is CCNCC(C(C)C)N(C)Cc1ccc(C)o1. The molecule has 3 nitrogen and oxygen atoms in total. The van der Waals surface area contributed by atoms with Gasteiger partial charge in [0, 0.05) is 12.6 Å². The average Bonchev–Trinajstić information content (AvgIpc) is 2.64. The van der Waals surface area contributed by atoms with Crippen LogP contribution in [0, 0.1) is 12.8 Å². The monoisotopic (exact) mass is 238 g/mol. The maximum Gasteiger partial charge on any atom is 0.118 e. The highest BCUT2D eigenvalue weighted by Gasteiger charge is 2.19. The molecule has 0 fully saturated rings. The number of aryl methyl sites for hydroxylation is 1. The molecule has 3 heteroatoms. The summed E-state index contributed by atoms with van der Waals surface area (Å²) in [5.74, 6) is 2.67. The van der Waals surface area contributed by atoms with E-state index in [4.69, 9.17) is 4.42 Å². The summed E-state index contributed by atoms with van der Waals surface area (Å²) in [7, 11) is 2.17. The van der Waals surface area contributed by atoms with Crippen LogP contribution in [0.5, 0.6) is 0 Å². The van der Waals surface area contributed by atoms with Crippen molar-refractivity contribution in [1.82, 2.24) is 10.2 Å². The van der Waals surface area contributed by atoms with E-state index in [0.717, 1.165) is 31.2 Å². The fourth-order valence-electron chi connectivity index (χ4n) is 2.13. The number of rotatable bonds is 7. The van der Waals surface area contributed by atoms with Gasteiger partial charge in [-0.2, -0.15) is 0 Å². The first kappa shape index (κ1) is 14.3. The molecule has 98 valence electrons. The Morgan fingerprint density at radius 1 is 1.35 bits per heavy atom. The maximum absolute atomic E-state index is 5.63. The van der Waals surface area contributed by atoms with Crippen molar-refractivity contribution in [3.05, 3.63) is 23.7 Å². The van der Waals surface area contributed by atoms with Crippen LogP contribution in [0.3, 0.4) is 0 Å². The van der Waals surface area contributed by atoms with Gasteiger partial charge in [-0.3, -0.25) is 4.90 Å². The minimum Gasteiger partial charge on any atom is -0.465 e. The van der Waals surface area contributed by atoms with Crippen molar-refractivity contribution < 1.29 is 4.42 Å². The summed E-state index contributed by atoms with van der Waals surface area (Å²) in [5.41, 5.74) is 0. The Balaban J connectivity index is 2.55. The zero-order valence-corrected chi connectivity index (χ0v) is 11.8. The van der Waals surface area contributed by atoms with Crippen LogP contribution >= 0.6 is 0 Å². The lowest BCUT2D eigenvalue weighted by Crippen LogP contribution is -2.43. The number of nitrogens with one attached hydrogen (secondary N) is 1. The van der Waals surface area contributed by atoms with Crippen LogP contribution < -0.4 is 5.32 Å². The minimum atomic E-state index is 0.542. The summed E-state index contributed by atoms with van der Waals surface area (Å²) in [4.78, 5) is 2.37. The Bertz CT molecular complexity index is 320. The van der Waals surface area contributed by atoms with Gasteiger partial charge in [-0.05, 0) is 38.6 Å². The van der Waals surface area contributed by atoms with E-state index in [9.17, 15) is 0 Å². The summed E-state index contributed by atoms with van der Waals surface area (Å²) < 4.78 is 5.63. The number of likely N-dealkylation sites (N-methyl/N-ethyl adjacent to an activating group) is 2. The standard InChI is InChI=1S/C14H26N2O/c1-6-15-9-14(11(2)3)16(5)10-13-8-7-12(4)17-13/h7-8,11,14-15H,6,9-10H2,1-5H3. The van der Waals surface area contributed by atoms with Crippen LogP contribution in [0.15, 0.2) is 16.5 Å². The van der Waals surface area contributed by atoms with Crippen molar-refractivity contribution in [2.24, 2.45) is 5.92 Å². The quantitative estimate of drug-likeness (QED) is 0.791. The first-order chi connectivity index (χ1) is 8.04. The van der Waals surface area contributed by atoms with Gasteiger partial charge in [-0.15, -0.1) is 0 Å². The lowest BCUT2D eigenvalue weighted by atomic mass is 10.0. The first-order valence-corrected chi connectivity index (χ1v) is 6.50. The molecule has 0 aliphatic rings. The molecule has 0 saturated carbocycles. The number of hydrogen-bond donors (Lipinski definition) is 1. The Kier molecular flexibility index (Phi) is 5.72. The molecule has 0 bridgehead atoms. The van der Waals surface area contributed by atoms with Crippen molar-refractivity contribution in [3.63, 3.8) is 0 Å². The highest BCUT2D eigenvalue weighted by atomic mass is 16.3. The molecule has 1 heterocycles. The molecule has 0 aliphatic carbocycles.